The minimum atomic E-state index is -4.85. The molecule has 6 rings (SSSR count). The van der Waals surface area contributed by atoms with Crippen LogP contribution in [-0.4, -0.2) is 151 Å². The Bertz CT molecular complexity index is 1420. The van der Waals surface area contributed by atoms with Gasteiger partial charge in [0.1, 0.15) is 36.6 Å². The average molecular weight is 825 g/mol. The molecule has 17 heteroatoms. The van der Waals surface area contributed by atoms with Crippen LogP contribution in [0.3, 0.4) is 0 Å². The Morgan fingerprint density at radius 1 is 0.804 bits per heavy atom. The molecule has 0 spiro atoms. The van der Waals surface area contributed by atoms with E-state index >= 15 is 0 Å². The summed E-state index contributed by atoms with van der Waals surface area (Å²) in [5.41, 5.74) is -0.835. The van der Waals surface area contributed by atoms with Crippen molar-refractivity contribution in [3.63, 3.8) is 0 Å². The quantitative estimate of drug-likeness (QED) is 0.123. The van der Waals surface area contributed by atoms with Crippen LogP contribution >= 0.6 is 0 Å². The van der Waals surface area contributed by atoms with E-state index in [0.29, 0.717) is 25.7 Å². The predicted octanol–water partition coefficient (Wildman–Crippen LogP) is 1.41. The molecule has 56 heavy (non-hydrogen) atoms. The summed E-state index contributed by atoms with van der Waals surface area (Å²) in [6, 6.07) is 0. The van der Waals surface area contributed by atoms with Crippen LogP contribution in [0.25, 0.3) is 0 Å². The van der Waals surface area contributed by atoms with E-state index in [9.17, 15) is 43.6 Å². The van der Waals surface area contributed by atoms with E-state index in [1.807, 2.05) is 20.8 Å². The lowest BCUT2D eigenvalue weighted by Crippen LogP contribution is -2.64. The van der Waals surface area contributed by atoms with Crippen molar-refractivity contribution in [1.82, 2.24) is 0 Å². The van der Waals surface area contributed by atoms with Crippen LogP contribution in [0, 0.1) is 52.3 Å². The Kier molecular flexibility index (Phi) is 14.0. The third kappa shape index (κ3) is 8.36. The number of rotatable bonds is 14. The number of methoxy groups -OCH3 is 2. The third-order valence-electron chi connectivity index (χ3n) is 15.4. The van der Waals surface area contributed by atoms with Gasteiger partial charge in [-0.3, -0.25) is 4.55 Å². The molecule has 0 aromatic heterocycles. The molecule has 0 amide bonds. The minimum Gasteiger partial charge on any atom is -0.394 e. The van der Waals surface area contributed by atoms with Crippen molar-refractivity contribution in [3.8, 4) is 0 Å². The molecule has 2 heterocycles. The molecule has 2 aliphatic heterocycles. The summed E-state index contributed by atoms with van der Waals surface area (Å²) < 4.78 is 74.6. The van der Waals surface area contributed by atoms with Crippen molar-refractivity contribution in [2.75, 3.05) is 27.4 Å². The van der Waals surface area contributed by atoms with Gasteiger partial charge in [-0.05, 0) is 97.7 Å². The normalized spacial score (nSPS) is 49.3. The molecule has 0 bridgehead atoms. The van der Waals surface area contributed by atoms with Crippen molar-refractivity contribution in [3.05, 3.63) is 0 Å². The zero-order valence-electron chi connectivity index (χ0n) is 33.8. The van der Waals surface area contributed by atoms with Crippen LogP contribution in [-0.2, 0) is 43.0 Å². The molecule has 16 nitrogen and oxygen atoms in total. The fraction of sp³-hybridized carbons (Fsp3) is 1.00. The Morgan fingerprint density at radius 2 is 1.50 bits per heavy atom. The summed E-state index contributed by atoms with van der Waals surface area (Å²) in [5.74, 6) is -0.558. The second kappa shape index (κ2) is 17.4. The fourth-order valence-electron chi connectivity index (χ4n) is 12.6. The van der Waals surface area contributed by atoms with Gasteiger partial charge in [0.2, 0.25) is 0 Å². The molecule has 6 fully saturated rings. The van der Waals surface area contributed by atoms with E-state index < -0.39 is 102 Å². The highest BCUT2D eigenvalue weighted by Crippen LogP contribution is 2.69. The second-order valence-corrected chi connectivity index (χ2v) is 19.7. The molecule has 0 unspecified atom stereocenters. The van der Waals surface area contributed by atoms with Gasteiger partial charge in [-0.1, -0.05) is 34.6 Å². The Hall–Kier alpha value is -0.610. The van der Waals surface area contributed by atoms with Gasteiger partial charge in [0, 0.05) is 20.1 Å². The molecule has 326 valence electrons. The summed E-state index contributed by atoms with van der Waals surface area (Å²) in [7, 11) is -1.97. The van der Waals surface area contributed by atoms with Gasteiger partial charge in [-0.25, -0.2) is 4.18 Å². The van der Waals surface area contributed by atoms with Gasteiger partial charge in [0.15, 0.2) is 12.6 Å². The zero-order chi connectivity index (χ0) is 41.1. The van der Waals surface area contributed by atoms with Gasteiger partial charge in [-0.15, -0.1) is 0 Å². The standard InChI is InChI=1S/C39H68O16S/c1-18(2)25(52-37-35(32(44)27(16-40)53-37)54-36-34(50-7)33(45)28(49-6)17-51-36)9-8-19(3)22-15-24(42)29-20-14-26(55-56(46,47)48)30-31(43)23(41)11-13-38(30,4)21(20)10-12-39(22,29)5/h18-37,40-45H,8-17H2,1-7H3,(H,46,47,48)/t19-,20-,21+,22-,23+,24-,25+,26+,27-,28-,29-,30+,31+,32+,33+,34-,35-,36+,37-,38-,39-/m1/s1. The monoisotopic (exact) mass is 824 g/mol. The lowest BCUT2D eigenvalue weighted by molar-refractivity contribution is -0.313. The highest BCUT2D eigenvalue weighted by Gasteiger charge is 2.67. The predicted molar refractivity (Wildman–Crippen MR) is 198 cm³/mol. The first kappa shape index (κ1) is 44.9. The number of aliphatic hydroxyl groups is 6. The zero-order valence-corrected chi connectivity index (χ0v) is 34.6. The first-order chi connectivity index (χ1) is 26.3. The van der Waals surface area contributed by atoms with Crippen LogP contribution < -0.4 is 0 Å². The fourth-order valence-corrected chi connectivity index (χ4v) is 13.1. The lowest BCUT2D eigenvalue weighted by atomic mass is 9.43. The molecule has 6 aliphatic rings. The Morgan fingerprint density at radius 3 is 2.12 bits per heavy atom. The summed E-state index contributed by atoms with van der Waals surface area (Å²) in [6.07, 6.45) is -7.39. The Balaban J connectivity index is 1.15. The first-order valence-electron chi connectivity index (χ1n) is 20.6. The number of hydrogen-bond donors (Lipinski definition) is 7. The molecule has 21 atom stereocenters. The van der Waals surface area contributed by atoms with E-state index in [0.717, 1.165) is 19.3 Å². The van der Waals surface area contributed by atoms with Gasteiger partial charge < -0.3 is 59.1 Å². The van der Waals surface area contributed by atoms with E-state index in [-0.39, 0.29) is 60.1 Å². The first-order valence-corrected chi connectivity index (χ1v) is 22.0. The summed E-state index contributed by atoms with van der Waals surface area (Å²) >= 11 is 0. The topological polar surface area (TPSA) is 240 Å². The van der Waals surface area contributed by atoms with Crippen molar-refractivity contribution >= 4 is 10.4 Å². The average Bonchev–Trinajstić information content (AvgIpc) is 3.58. The maximum Gasteiger partial charge on any atom is 0.397 e. The maximum atomic E-state index is 12.1. The SMILES string of the molecule is CO[C@H]1[C@H](O[C@H]2[C@H](O[C@@H](CC[C@@H](C)[C@H]3C[C@@H](O)[C@H]4[C@@H]5C[C@H](OS(=O)(=O)O)[C@H]6[C@@H](O)[C@@H](O)CC[C@]6(C)[C@H]5CC[C@@]43C)C(C)C)O[C@H](CO)[C@@H]2O)OC[C@@H](OC)[C@@H]1O. The van der Waals surface area contributed by atoms with Gasteiger partial charge in [0.25, 0.3) is 0 Å². The largest absolute Gasteiger partial charge is 0.397 e. The van der Waals surface area contributed by atoms with E-state index in [1.165, 1.54) is 14.2 Å². The number of hydrogen-bond acceptors (Lipinski definition) is 15. The lowest BCUT2D eigenvalue weighted by Gasteiger charge is -2.63. The molecular weight excluding hydrogens is 756 g/mol. The number of aliphatic hydroxyl groups excluding tert-OH is 6. The van der Waals surface area contributed by atoms with Crippen molar-refractivity contribution in [2.24, 2.45) is 52.3 Å². The third-order valence-corrected chi connectivity index (χ3v) is 15.9. The van der Waals surface area contributed by atoms with E-state index in [1.54, 1.807) is 0 Å². The number of fused-ring (bicyclic) bond motifs is 5. The van der Waals surface area contributed by atoms with Gasteiger partial charge >= 0.3 is 10.4 Å². The Labute approximate surface area is 331 Å². The molecule has 4 aliphatic carbocycles. The van der Waals surface area contributed by atoms with Crippen molar-refractivity contribution in [1.29, 1.82) is 0 Å². The van der Waals surface area contributed by atoms with Crippen LogP contribution in [0.1, 0.15) is 86.0 Å². The second-order valence-electron chi connectivity index (χ2n) is 18.6. The number of ether oxygens (including phenoxy) is 6. The minimum absolute atomic E-state index is 0.0340. The highest BCUT2D eigenvalue weighted by atomic mass is 32.3. The molecular formula is C39H68O16S. The van der Waals surface area contributed by atoms with E-state index in [4.69, 9.17) is 32.6 Å². The van der Waals surface area contributed by atoms with Crippen molar-refractivity contribution in [2.45, 2.75) is 166 Å². The molecule has 2 saturated heterocycles. The smallest absolute Gasteiger partial charge is 0.394 e. The molecule has 7 N–H and O–H groups in total. The molecule has 4 saturated carbocycles. The molecule has 0 radical (unpaired) electrons. The van der Waals surface area contributed by atoms with Gasteiger partial charge in [-0.2, -0.15) is 8.42 Å². The van der Waals surface area contributed by atoms with Crippen LogP contribution in [0.2, 0.25) is 0 Å². The molecule has 0 aromatic rings. The molecule has 0 aromatic carbocycles. The van der Waals surface area contributed by atoms with E-state index in [2.05, 4.69) is 13.8 Å². The maximum absolute atomic E-state index is 12.1. The van der Waals surface area contributed by atoms with Crippen LogP contribution in [0.15, 0.2) is 0 Å². The summed E-state index contributed by atoms with van der Waals surface area (Å²) in [5, 5.41) is 65.6. The summed E-state index contributed by atoms with van der Waals surface area (Å²) in [6.45, 7) is 10.1. The highest BCUT2D eigenvalue weighted by molar-refractivity contribution is 7.80. The van der Waals surface area contributed by atoms with Crippen LogP contribution in [0.4, 0.5) is 0 Å². The summed E-state index contributed by atoms with van der Waals surface area (Å²) in [4.78, 5) is 0. The van der Waals surface area contributed by atoms with Crippen LogP contribution in [0.5, 0.6) is 0 Å². The van der Waals surface area contributed by atoms with Gasteiger partial charge in [0.05, 0.1) is 43.7 Å². The van der Waals surface area contributed by atoms with Crippen molar-refractivity contribution < 1.29 is 76.2 Å².